The molecule has 0 bridgehead atoms. The second-order valence-electron chi connectivity index (χ2n) is 10.4. The first kappa shape index (κ1) is 30.6. The molecule has 7 heteroatoms. The molecule has 1 N–H and O–H groups in total. The third-order valence-electron chi connectivity index (χ3n) is 6.36. The summed E-state index contributed by atoms with van der Waals surface area (Å²) in [5.41, 5.74) is 8.04. The highest BCUT2D eigenvalue weighted by atomic mass is 35.5. The predicted octanol–water partition coefficient (Wildman–Crippen LogP) is 6.56. The maximum absolute atomic E-state index is 12.0. The highest BCUT2D eigenvalue weighted by Crippen LogP contribution is 2.25. The van der Waals surface area contributed by atoms with Gasteiger partial charge in [0.15, 0.2) is 0 Å². The van der Waals surface area contributed by atoms with Gasteiger partial charge in [-0.05, 0) is 99.5 Å². The lowest BCUT2D eigenvalue weighted by atomic mass is 9.96. The highest BCUT2D eigenvalue weighted by Gasteiger charge is 2.24. The molecule has 4 rings (SSSR count). The summed E-state index contributed by atoms with van der Waals surface area (Å²) in [6.45, 7) is 12.8. The lowest BCUT2D eigenvalue weighted by molar-refractivity contribution is 0.0270. The second kappa shape index (κ2) is 13.8. The van der Waals surface area contributed by atoms with Crippen molar-refractivity contribution in [3.05, 3.63) is 81.9 Å². The summed E-state index contributed by atoms with van der Waals surface area (Å²) in [5.74, 6) is 0. The number of aryl methyl sites for hydroxylation is 2. The number of nitrogens with one attached hydrogen (secondary N) is 1. The molecule has 2 aromatic rings. The molecule has 0 saturated heterocycles. The van der Waals surface area contributed by atoms with E-state index in [-0.39, 0.29) is 18.5 Å². The molecule has 2 aromatic carbocycles. The average molecular weight is 533 g/mol. The molecule has 0 fully saturated rings. The van der Waals surface area contributed by atoms with E-state index in [2.05, 4.69) is 35.7 Å². The van der Waals surface area contributed by atoms with Crippen LogP contribution in [0, 0.1) is 36.5 Å². The third kappa shape index (κ3) is 8.48. The molecule has 0 spiro atoms. The molecule has 2 aliphatic rings. The number of carbonyl (C=O) groups excluding carboxylic acids is 1. The second-order valence-corrected chi connectivity index (χ2v) is 10.4. The highest BCUT2D eigenvalue weighted by molar-refractivity contribution is 5.85. The van der Waals surface area contributed by atoms with Gasteiger partial charge in [-0.15, -0.1) is 12.4 Å². The number of nitriles is 2. The number of carbonyl (C=O) groups is 1. The maximum Gasteiger partial charge on any atom is 0.410 e. The zero-order chi connectivity index (χ0) is 27.0. The molecule has 6 nitrogen and oxygen atoms in total. The van der Waals surface area contributed by atoms with E-state index in [9.17, 15) is 4.79 Å². The Morgan fingerprint density at radius 3 is 1.87 bits per heavy atom. The van der Waals surface area contributed by atoms with Gasteiger partial charge in [0.2, 0.25) is 0 Å². The van der Waals surface area contributed by atoms with Crippen LogP contribution in [-0.2, 0) is 4.74 Å². The fourth-order valence-electron chi connectivity index (χ4n) is 4.29. The van der Waals surface area contributed by atoms with E-state index >= 15 is 0 Å². The van der Waals surface area contributed by atoms with Crippen LogP contribution in [0.15, 0.2) is 48.6 Å². The van der Waals surface area contributed by atoms with Crippen molar-refractivity contribution < 1.29 is 9.53 Å². The summed E-state index contributed by atoms with van der Waals surface area (Å²) >= 11 is 0. The quantitative estimate of drug-likeness (QED) is 0.473. The van der Waals surface area contributed by atoms with Gasteiger partial charge >= 0.3 is 6.09 Å². The van der Waals surface area contributed by atoms with Crippen molar-refractivity contribution in [3.63, 3.8) is 0 Å². The van der Waals surface area contributed by atoms with Crippen LogP contribution in [-0.4, -0.2) is 42.8 Å². The summed E-state index contributed by atoms with van der Waals surface area (Å²) in [7, 11) is 0. The van der Waals surface area contributed by atoms with Crippen molar-refractivity contribution in [1.29, 1.82) is 10.5 Å². The van der Waals surface area contributed by atoms with Crippen LogP contribution < -0.4 is 5.32 Å². The minimum Gasteiger partial charge on any atom is -0.444 e. The molecule has 0 aromatic heterocycles. The van der Waals surface area contributed by atoms with Crippen LogP contribution in [0.2, 0.25) is 0 Å². The largest absolute Gasteiger partial charge is 0.444 e. The number of nitrogens with zero attached hydrogens (tertiary/aromatic N) is 3. The Kier molecular flexibility index (Phi) is 11.1. The van der Waals surface area contributed by atoms with Crippen LogP contribution in [0.5, 0.6) is 0 Å². The SMILES string of the molecule is Cc1cc(C2=CCN(C(=O)OC(C)(C)C)CC2)ccc1C#N.Cc1cc(C2=CCNCC2)ccc1C#N.Cl. The van der Waals surface area contributed by atoms with Gasteiger partial charge in [0.25, 0.3) is 0 Å². The van der Waals surface area contributed by atoms with Gasteiger partial charge in [0.05, 0.1) is 23.3 Å². The zero-order valence-corrected chi connectivity index (χ0v) is 23.7. The minimum atomic E-state index is -0.467. The molecular formula is C31H37ClN4O2. The Morgan fingerprint density at radius 1 is 0.921 bits per heavy atom. The number of halogens is 1. The van der Waals surface area contributed by atoms with E-state index in [1.54, 1.807) is 4.90 Å². The van der Waals surface area contributed by atoms with E-state index in [0.717, 1.165) is 48.2 Å². The topological polar surface area (TPSA) is 89.2 Å². The van der Waals surface area contributed by atoms with Crippen molar-refractivity contribution in [2.24, 2.45) is 0 Å². The third-order valence-corrected chi connectivity index (χ3v) is 6.36. The smallest absolute Gasteiger partial charge is 0.410 e. The van der Waals surface area contributed by atoms with Gasteiger partial charge in [-0.2, -0.15) is 10.5 Å². The number of rotatable bonds is 2. The monoisotopic (exact) mass is 532 g/mol. The van der Waals surface area contributed by atoms with Gasteiger partial charge in [-0.25, -0.2) is 4.79 Å². The van der Waals surface area contributed by atoms with E-state index < -0.39 is 5.60 Å². The molecule has 2 heterocycles. The standard InChI is InChI=1S/C18H22N2O2.C13H14N2.ClH/c1-13-11-15(5-6-16(13)12-19)14-7-9-20(10-8-14)17(21)22-18(2,3)4;1-10-8-12(2-3-13(10)9-14)11-4-6-15-7-5-11;/h5-7,11H,8-10H2,1-4H3;2-4,8,15H,5-7H2,1H3;1H. The molecule has 38 heavy (non-hydrogen) atoms. The number of ether oxygens (including phenoxy) is 1. The van der Waals surface area contributed by atoms with Crippen LogP contribution in [0.25, 0.3) is 11.1 Å². The van der Waals surface area contributed by atoms with Gasteiger partial charge in [0.1, 0.15) is 5.60 Å². The minimum absolute atomic E-state index is 0. The molecular weight excluding hydrogens is 496 g/mol. The summed E-state index contributed by atoms with van der Waals surface area (Å²) in [4.78, 5) is 13.7. The normalized spacial score (nSPS) is 14.9. The van der Waals surface area contributed by atoms with E-state index in [4.69, 9.17) is 15.3 Å². The van der Waals surface area contributed by atoms with Gasteiger partial charge < -0.3 is 15.0 Å². The first-order valence-corrected chi connectivity index (χ1v) is 12.7. The Bertz CT molecular complexity index is 1290. The predicted molar refractivity (Wildman–Crippen MR) is 155 cm³/mol. The number of amides is 1. The van der Waals surface area contributed by atoms with Gasteiger partial charge in [-0.3, -0.25) is 0 Å². The molecule has 200 valence electrons. The van der Waals surface area contributed by atoms with Crippen molar-refractivity contribution >= 4 is 29.6 Å². The van der Waals surface area contributed by atoms with E-state index in [0.29, 0.717) is 18.7 Å². The summed E-state index contributed by atoms with van der Waals surface area (Å²) in [5, 5.41) is 21.1. The molecule has 0 atom stereocenters. The number of hydrogen-bond acceptors (Lipinski definition) is 5. The Balaban J connectivity index is 0.000000277. The molecule has 0 radical (unpaired) electrons. The molecule has 0 saturated carbocycles. The molecule has 0 aliphatic carbocycles. The van der Waals surface area contributed by atoms with Crippen molar-refractivity contribution in [1.82, 2.24) is 10.2 Å². The average Bonchev–Trinajstić information content (AvgIpc) is 2.88. The fraction of sp³-hybridized carbons (Fsp3) is 0.387. The Labute approximate surface area is 233 Å². The Hall–Kier alpha value is -3.58. The first-order valence-electron chi connectivity index (χ1n) is 12.7. The van der Waals surface area contributed by atoms with Crippen LogP contribution in [0.1, 0.15) is 67.0 Å². The Morgan fingerprint density at radius 2 is 1.47 bits per heavy atom. The van der Waals surface area contributed by atoms with E-state index in [1.807, 2.05) is 65.0 Å². The fourth-order valence-corrected chi connectivity index (χ4v) is 4.29. The zero-order valence-electron chi connectivity index (χ0n) is 22.9. The lowest BCUT2D eigenvalue weighted by Gasteiger charge is -2.29. The molecule has 1 amide bonds. The van der Waals surface area contributed by atoms with Crippen molar-refractivity contribution in [2.45, 2.75) is 53.1 Å². The van der Waals surface area contributed by atoms with Gasteiger partial charge in [0, 0.05) is 19.6 Å². The maximum atomic E-state index is 12.0. The molecule has 2 aliphatic heterocycles. The van der Waals surface area contributed by atoms with Crippen LogP contribution in [0.3, 0.4) is 0 Å². The van der Waals surface area contributed by atoms with E-state index in [1.165, 1.54) is 16.7 Å². The van der Waals surface area contributed by atoms with Crippen LogP contribution >= 0.6 is 12.4 Å². The first-order chi connectivity index (χ1) is 17.6. The lowest BCUT2D eigenvalue weighted by Crippen LogP contribution is -2.39. The number of hydrogen-bond donors (Lipinski definition) is 1. The summed E-state index contributed by atoms with van der Waals surface area (Å²) < 4.78 is 5.39. The van der Waals surface area contributed by atoms with Crippen molar-refractivity contribution in [3.8, 4) is 12.1 Å². The van der Waals surface area contributed by atoms with Gasteiger partial charge in [-0.1, -0.05) is 36.4 Å². The summed E-state index contributed by atoms with van der Waals surface area (Å²) in [6.07, 6.45) is 5.90. The number of benzene rings is 2. The summed E-state index contributed by atoms with van der Waals surface area (Å²) in [6, 6.07) is 16.3. The molecule has 0 unspecified atom stereocenters. The van der Waals surface area contributed by atoms with Crippen LogP contribution in [0.4, 0.5) is 4.79 Å². The van der Waals surface area contributed by atoms with Crippen molar-refractivity contribution in [2.75, 3.05) is 26.2 Å².